The van der Waals surface area contributed by atoms with Crippen molar-refractivity contribution in [3.05, 3.63) is 46.0 Å². The van der Waals surface area contributed by atoms with Crippen LogP contribution in [0.15, 0.2) is 28.8 Å². The molecule has 3 rings (SSSR count). The van der Waals surface area contributed by atoms with Gasteiger partial charge in [-0.3, -0.25) is 15.0 Å². The summed E-state index contributed by atoms with van der Waals surface area (Å²) in [5, 5.41) is 14.4. The summed E-state index contributed by atoms with van der Waals surface area (Å²) in [6.07, 6.45) is 0. The van der Waals surface area contributed by atoms with Crippen LogP contribution in [-0.2, 0) is 6.54 Å². The van der Waals surface area contributed by atoms with Crippen LogP contribution in [0, 0.1) is 15.9 Å². The predicted molar refractivity (Wildman–Crippen MR) is 90.8 cm³/mol. The monoisotopic (exact) mass is 372 g/mol. The molecule has 1 aromatic carbocycles. The number of hydrogen-bond donors (Lipinski definition) is 0. The molecular weight excluding hydrogens is 355 g/mol. The van der Waals surface area contributed by atoms with Gasteiger partial charge in [-0.15, -0.1) is 12.4 Å². The molecule has 0 saturated carbocycles. The number of nitro groups is 1. The highest BCUT2D eigenvalue weighted by Gasteiger charge is 2.22. The van der Waals surface area contributed by atoms with Gasteiger partial charge in [0.2, 0.25) is 0 Å². The van der Waals surface area contributed by atoms with Gasteiger partial charge in [0.1, 0.15) is 0 Å². The van der Waals surface area contributed by atoms with Crippen molar-refractivity contribution in [1.82, 2.24) is 10.1 Å². The topological polar surface area (TPSA) is 84.9 Å². The Labute approximate surface area is 149 Å². The number of rotatable bonds is 5. The molecule has 2 heterocycles. The van der Waals surface area contributed by atoms with E-state index in [9.17, 15) is 14.5 Å². The first-order valence-electron chi connectivity index (χ1n) is 7.47. The summed E-state index contributed by atoms with van der Waals surface area (Å²) in [4.78, 5) is 14.1. The Hall–Kier alpha value is -2.39. The summed E-state index contributed by atoms with van der Waals surface area (Å²) < 4.78 is 24.2. The molecular formula is C15H18ClFN4O4. The quantitative estimate of drug-likeness (QED) is 0.588. The molecule has 136 valence electrons. The van der Waals surface area contributed by atoms with Gasteiger partial charge in [-0.25, -0.2) is 4.39 Å². The Morgan fingerprint density at radius 3 is 2.60 bits per heavy atom. The summed E-state index contributed by atoms with van der Waals surface area (Å²) in [6.45, 7) is 3.30. The lowest BCUT2D eigenvalue weighted by Gasteiger charge is -2.35. The third kappa shape index (κ3) is 4.37. The number of benzene rings is 1. The van der Waals surface area contributed by atoms with Crippen molar-refractivity contribution in [1.29, 1.82) is 0 Å². The SMILES string of the molecule is COc1cc(CN2CCN(c3ccc([N+](=O)[O-])cc3F)CC2)on1.Cl. The minimum absolute atomic E-state index is 0. The van der Waals surface area contributed by atoms with Crippen LogP contribution in [0.4, 0.5) is 15.8 Å². The lowest BCUT2D eigenvalue weighted by atomic mass is 10.2. The number of hydrogen-bond acceptors (Lipinski definition) is 7. The molecule has 0 unspecified atom stereocenters. The average Bonchev–Trinajstić information content (AvgIpc) is 3.03. The van der Waals surface area contributed by atoms with Crippen molar-refractivity contribution in [2.45, 2.75) is 6.54 Å². The van der Waals surface area contributed by atoms with E-state index >= 15 is 0 Å². The molecule has 0 atom stereocenters. The van der Waals surface area contributed by atoms with Gasteiger partial charge in [0, 0.05) is 38.3 Å². The normalized spacial score (nSPS) is 14.9. The summed E-state index contributed by atoms with van der Waals surface area (Å²) in [5.74, 6) is 0.580. The van der Waals surface area contributed by atoms with Crippen molar-refractivity contribution in [3.8, 4) is 5.88 Å². The van der Waals surface area contributed by atoms with Gasteiger partial charge < -0.3 is 14.2 Å². The number of nitro benzene ring substituents is 1. The number of anilines is 1. The number of piperazine rings is 1. The zero-order chi connectivity index (χ0) is 17.1. The Morgan fingerprint density at radius 2 is 2.04 bits per heavy atom. The van der Waals surface area contributed by atoms with Crippen LogP contribution in [0.5, 0.6) is 5.88 Å². The van der Waals surface area contributed by atoms with E-state index in [0.717, 1.165) is 19.2 Å². The summed E-state index contributed by atoms with van der Waals surface area (Å²) in [6, 6.07) is 5.49. The van der Waals surface area contributed by atoms with Crippen LogP contribution in [-0.4, -0.2) is 48.3 Å². The molecule has 10 heteroatoms. The molecule has 0 spiro atoms. The van der Waals surface area contributed by atoms with E-state index in [1.807, 2.05) is 4.90 Å². The summed E-state index contributed by atoms with van der Waals surface area (Å²) in [7, 11) is 1.53. The molecule has 2 aromatic rings. The number of methoxy groups -OCH3 is 1. The van der Waals surface area contributed by atoms with E-state index < -0.39 is 10.7 Å². The molecule has 1 aliphatic heterocycles. The molecule has 1 aromatic heterocycles. The Bertz CT molecular complexity index is 734. The lowest BCUT2D eigenvalue weighted by Crippen LogP contribution is -2.46. The van der Waals surface area contributed by atoms with Crippen LogP contribution in [0.1, 0.15) is 5.76 Å². The lowest BCUT2D eigenvalue weighted by molar-refractivity contribution is -0.385. The Kier molecular flexibility index (Phi) is 6.16. The van der Waals surface area contributed by atoms with Gasteiger partial charge in [0.15, 0.2) is 11.6 Å². The Balaban J connectivity index is 0.00000225. The van der Waals surface area contributed by atoms with Gasteiger partial charge in [-0.1, -0.05) is 0 Å². The number of nitrogens with zero attached hydrogens (tertiary/aromatic N) is 4. The molecule has 0 radical (unpaired) electrons. The van der Waals surface area contributed by atoms with Crippen LogP contribution in [0.3, 0.4) is 0 Å². The molecule has 0 aliphatic carbocycles. The van der Waals surface area contributed by atoms with Crippen molar-refractivity contribution < 1.29 is 18.6 Å². The molecule has 1 saturated heterocycles. The van der Waals surface area contributed by atoms with Crippen molar-refractivity contribution in [2.75, 3.05) is 38.2 Å². The predicted octanol–water partition coefficient (Wildman–Crippen LogP) is 2.47. The highest BCUT2D eigenvalue weighted by atomic mass is 35.5. The minimum Gasteiger partial charge on any atom is -0.479 e. The fraction of sp³-hybridized carbons (Fsp3) is 0.400. The molecule has 0 N–H and O–H groups in total. The summed E-state index contributed by atoms with van der Waals surface area (Å²) >= 11 is 0. The molecule has 0 bridgehead atoms. The van der Waals surface area contributed by atoms with Crippen molar-refractivity contribution in [3.63, 3.8) is 0 Å². The van der Waals surface area contributed by atoms with Crippen LogP contribution in [0.2, 0.25) is 0 Å². The van der Waals surface area contributed by atoms with E-state index in [4.69, 9.17) is 9.26 Å². The smallest absolute Gasteiger partial charge is 0.272 e. The fourth-order valence-electron chi connectivity index (χ4n) is 2.70. The maximum Gasteiger partial charge on any atom is 0.272 e. The van der Waals surface area contributed by atoms with Gasteiger partial charge >= 0.3 is 0 Å². The maximum atomic E-state index is 14.1. The number of halogens is 2. The first kappa shape index (κ1) is 18.9. The van der Waals surface area contributed by atoms with Crippen LogP contribution in [0.25, 0.3) is 0 Å². The standard InChI is InChI=1S/C15H17FN4O4.ClH/c1-23-15-9-12(24-17-15)10-18-4-6-19(7-5-18)14-3-2-11(20(21)22)8-13(14)16;/h2-3,8-9H,4-7,10H2,1H3;1H. The third-order valence-electron chi connectivity index (χ3n) is 3.98. The molecule has 0 amide bonds. The second kappa shape index (κ2) is 8.13. The highest BCUT2D eigenvalue weighted by molar-refractivity contribution is 5.85. The number of non-ortho nitro benzene ring substituents is 1. The van der Waals surface area contributed by atoms with Crippen LogP contribution >= 0.6 is 12.4 Å². The van der Waals surface area contributed by atoms with Gasteiger partial charge in [0.05, 0.1) is 30.3 Å². The van der Waals surface area contributed by atoms with E-state index in [-0.39, 0.29) is 18.1 Å². The van der Waals surface area contributed by atoms with E-state index in [0.29, 0.717) is 37.0 Å². The third-order valence-corrected chi connectivity index (χ3v) is 3.98. The molecule has 1 fully saturated rings. The van der Waals surface area contributed by atoms with Gasteiger partial charge in [-0.2, -0.15) is 0 Å². The maximum absolute atomic E-state index is 14.1. The van der Waals surface area contributed by atoms with Gasteiger partial charge in [0.25, 0.3) is 11.6 Å². The van der Waals surface area contributed by atoms with E-state index in [1.54, 1.807) is 6.07 Å². The molecule has 25 heavy (non-hydrogen) atoms. The Morgan fingerprint density at radius 1 is 1.32 bits per heavy atom. The largest absolute Gasteiger partial charge is 0.479 e. The zero-order valence-electron chi connectivity index (χ0n) is 13.6. The molecule has 1 aliphatic rings. The zero-order valence-corrected chi connectivity index (χ0v) is 14.4. The second-order valence-electron chi connectivity index (χ2n) is 5.49. The fourth-order valence-corrected chi connectivity index (χ4v) is 2.70. The second-order valence-corrected chi connectivity index (χ2v) is 5.49. The molecule has 8 nitrogen and oxygen atoms in total. The van der Waals surface area contributed by atoms with Crippen molar-refractivity contribution >= 4 is 23.8 Å². The summed E-state index contributed by atoms with van der Waals surface area (Å²) in [5.41, 5.74) is 0.149. The number of ether oxygens (including phenoxy) is 1. The van der Waals surface area contributed by atoms with Crippen molar-refractivity contribution in [2.24, 2.45) is 0 Å². The minimum atomic E-state index is -0.601. The first-order valence-corrected chi connectivity index (χ1v) is 7.47. The average molecular weight is 373 g/mol. The van der Waals surface area contributed by atoms with Gasteiger partial charge in [-0.05, 0) is 11.2 Å². The number of aromatic nitrogens is 1. The van der Waals surface area contributed by atoms with Crippen LogP contribution < -0.4 is 9.64 Å². The first-order chi connectivity index (χ1) is 11.6. The van der Waals surface area contributed by atoms with E-state index in [2.05, 4.69) is 10.1 Å². The highest BCUT2D eigenvalue weighted by Crippen LogP contribution is 2.25. The van der Waals surface area contributed by atoms with E-state index in [1.165, 1.54) is 19.2 Å².